The molecule has 0 radical (unpaired) electrons. The van der Waals surface area contributed by atoms with Crippen molar-refractivity contribution in [2.75, 3.05) is 19.7 Å². The number of ether oxygens (including phenoxy) is 1. The highest BCUT2D eigenvalue weighted by molar-refractivity contribution is 6.31. The van der Waals surface area contributed by atoms with Gasteiger partial charge in [0.2, 0.25) is 0 Å². The molecule has 0 bridgehead atoms. The molecule has 0 fully saturated rings. The van der Waals surface area contributed by atoms with Crippen molar-refractivity contribution in [3.8, 4) is 5.75 Å². The number of fused-ring (bicyclic) bond motifs is 1. The highest BCUT2D eigenvalue weighted by Gasteiger charge is 2.25. The second kappa shape index (κ2) is 11.8. The van der Waals surface area contributed by atoms with E-state index >= 15 is 0 Å². The van der Waals surface area contributed by atoms with Gasteiger partial charge >= 0.3 is 0 Å². The van der Waals surface area contributed by atoms with Gasteiger partial charge in [-0.05, 0) is 56.6 Å². The summed E-state index contributed by atoms with van der Waals surface area (Å²) >= 11 is 6.13. The Bertz CT molecular complexity index is 1130. The molecule has 0 spiro atoms. The van der Waals surface area contributed by atoms with Crippen LogP contribution >= 0.6 is 11.6 Å². The third-order valence-corrected chi connectivity index (χ3v) is 5.93. The zero-order valence-corrected chi connectivity index (χ0v) is 19.9. The monoisotopic (exact) mass is 470 g/mol. The Kier molecular flexibility index (Phi) is 8.86. The molecule has 2 aromatic carbocycles. The molecule has 176 valence electrons. The molecular formula is C25H31ClN4O3. The van der Waals surface area contributed by atoms with Gasteiger partial charge in [0.1, 0.15) is 11.6 Å². The maximum Gasteiger partial charge on any atom is 0.261 e. The van der Waals surface area contributed by atoms with Crippen LogP contribution in [-0.4, -0.2) is 40.1 Å². The van der Waals surface area contributed by atoms with Crippen LogP contribution in [0.3, 0.4) is 0 Å². The van der Waals surface area contributed by atoms with Crippen LogP contribution in [0.5, 0.6) is 5.75 Å². The summed E-state index contributed by atoms with van der Waals surface area (Å²) in [5.74, 6) is 0.975. The summed E-state index contributed by atoms with van der Waals surface area (Å²) in [6.45, 7) is 2.99. The fraction of sp³-hybridized carbons (Fsp3) is 0.400. The Morgan fingerprint density at radius 2 is 1.88 bits per heavy atom. The fourth-order valence-electron chi connectivity index (χ4n) is 3.83. The van der Waals surface area contributed by atoms with E-state index in [0.29, 0.717) is 40.6 Å². The number of hydrogen-bond donors (Lipinski definition) is 1. The van der Waals surface area contributed by atoms with Crippen molar-refractivity contribution in [2.24, 2.45) is 12.8 Å². The van der Waals surface area contributed by atoms with Crippen LogP contribution in [-0.2, 0) is 11.8 Å². The normalized spacial score (nSPS) is 12.0. The SMILES string of the molecule is CC(c1nc2cc(Cl)ccc2c(=O)n1C)N(CCCCCCN)C(=O)COc1ccccc1. The molecule has 1 amide bonds. The van der Waals surface area contributed by atoms with E-state index in [4.69, 9.17) is 27.1 Å². The zero-order valence-electron chi connectivity index (χ0n) is 19.2. The van der Waals surface area contributed by atoms with Crippen LogP contribution < -0.4 is 16.0 Å². The van der Waals surface area contributed by atoms with E-state index in [-0.39, 0.29) is 18.1 Å². The number of unbranched alkanes of at least 4 members (excludes halogenated alkanes) is 3. The molecule has 0 saturated carbocycles. The quantitative estimate of drug-likeness (QED) is 0.426. The lowest BCUT2D eigenvalue weighted by molar-refractivity contribution is -0.135. The Morgan fingerprint density at radius 1 is 1.15 bits per heavy atom. The Labute approximate surface area is 199 Å². The van der Waals surface area contributed by atoms with Crippen molar-refractivity contribution in [1.82, 2.24) is 14.5 Å². The smallest absolute Gasteiger partial charge is 0.261 e. The molecule has 8 heteroatoms. The highest BCUT2D eigenvalue weighted by atomic mass is 35.5. The molecule has 7 nitrogen and oxygen atoms in total. The Balaban J connectivity index is 1.85. The number of halogens is 1. The third-order valence-electron chi connectivity index (χ3n) is 5.69. The summed E-state index contributed by atoms with van der Waals surface area (Å²) < 4.78 is 7.21. The number of nitrogens with two attached hydrogens (primary N) is 1. The first-order valence-electron chi connectivity index (χ1n) is 11.3. The van der Waals surface area contributed by atoms with Crippen molar-refractivity contribution in [3.05, 3.63) is 69.7 Å². The average Bonchev–Trinajstić information content (AvgIpc) is 2.82. The molecule has 1 aromatic heterocycles. The zero-order chi connectivity index (χ0) is 23.8. The molecule has 0 aliphatic carbocycles. The standard InChI is InChI=1S/C25H31ClN4O3/c1-18(24-28-22-16-19(26)12-13-21(22)25(32)29(24)2)30(15-9-4-3-8-14-27)23(31)17-33-20-10-6-5-7-11-20/h5-7,10-13,16,18H,3-4,8-9,14-15,17,27H2,1-2H3. The van der Waals surface area contributed by atoms with Gasteiger partial charge in [0.15, 0.2) is 6.61 Å². The van der Waals surface area contributed by atoms with E-state index < -0.39 is 6.04 Å². The molecular weight excluding hydrogens is 440 g/mol. The van der Waals surface area contributed by atoms with Crippen molar-refractivity contribution >= 4 is 28.4 Å². The number of carbonyl (C=O) groups is 1. The Morgan fingerprint density at radius 3 is 2.61 bits per heavy atom. The summed E-state index contributed by atoms with van der Waals surface area (Å²) in [4.78, 5) is 32.6. The number of carbonyl (C=O) groups excluding carboxylic acids is 1. The summed E-state index contributed by atoms with van der Waals surface area (Å²) in [6.07, 6.45) is 3.77. The third kappa shape index (κ3) is 6.33. The van der Waals surface area contributed by atoms with Gasteiger partial charge < -0.3 is 15.4 Å². The number of nitrogens with zero attached hydrogens (tertiary/aromatic N) is 3. The summed E-state index contributed by atoms with van der Waals surface area (Å²) in [5.41, 5.74) is 5.94. The van der Waals surface area contributed by atoms with Gasteiger partial charge in [0.25, 0.3) is 11.5 Å². The predicted molar refractivity (Wildman–Crippen MR) is 132 cm³/mol. The lowest BCUT2D eigenvalue weighted by Gasteiger charge is -2.30. The topological polar surface area (TPSA) is 90.5 Å². The van der Waals surface area contributed by atoms with Gasteiger partial charge in [-0.2, -0.15) is 0 Å². The van der Waals surface area contributed by atoms with Gasteiger partial charge in [-0.3, -0.25) is 14.2 Å². The fourth-order valence-corrected chi connectivity index (χ4v) is 4.00. The molecule has 3 aromatic rings. The number of aromatic nitrogens is 2. The molecule has 0 aliphatic heterocycles. The minimum absolute atomic E-state index is 0.0927. The van der Waals surface area contributed by atoms with E-state index in [1.807, 2.05) is 37.3 Å². The van der Waals surface area contributed by atoms with E-state index in [0.717, 1.165) is 25.7 Å². The number of hydrogen-bond acceptors (Lipinski definition) is 5. The van der Waals surface area contributed by atoms with Crippen LogP contribution in [0.1, 0.15) is 44.5 Å². The molecule has 0 aliphatic rings. The number of para-hydroxylation sites is 1. The predicted octanol–water partition coefficient (Wildman–Crippen LogP) is 4.07. The lowest BCUT2D eigenvalue weighted by atomic mass is 10.1. The molecule has 1 atom stereocenters. The molecule has 33 heavy (non-hydrogen) atoms. The maximum absolute atomic E-state index is 13.2. The van der Waals surface area contributed by atoms with Crippen LogP contribution in [0.2, 0.25) is 5.02 Å². The van der Waals surface area contributed by atoms with Crippen molar-refractivity contribution in [2.45, 2.75) is 38.6 Å². The van der Waals surface area contributed by atoms with E-state index in [2.05, 4.69) is 0 Å². The number of benzene rings is 2. The minimum Gasteiger partial charge on any atom is -0.484 e. The maximum atomic E-state index is 13.2. The number of amides is 1. The largest absolute Gasteiger partial charge is 0.484 e. The second-order valence-electron chi connectivity index (χ2n) is 8.06. The lowest BCUT2D eigenvalue weighted by Crippen LogP contribution is -2.40. The van der Waals surface area contributed by atoms with Crippen LogP contribution in [0, 0.1) is 0 Å². The van der Waals surface area contributed by atoms with Crippen molar-refractivity contribution in [1.29, 1.82) is 0 Å². The molecule has 2 N–H and O–H groups in total. The molecule has 1 heterocycles. The summed E-state index contributed by atoms with van der Waals surface area (Å²) in [6, 6.07) is 13.8. The van der Waals surface area contributed by atoms with E-state index in [1.165, 1.54) is 4.57 Å². The summed E-state index contributed by atoms with van der Waals surface area (Å²) in [5, 5.41) is 0.996. The minimum atomic E-state index is -0.424. The van der Waals surface area contributed by atoms with Gasteiger partial charge in [-0.15, -0.1) is 0 Å². The first kappa shape index (κ1) is 24.7. The Hall–Kier alpha value is -2.90. The van der Waals surface area contributed by atoms with Crippen molar-refractivity contribution in [3.63, 3.8) is 0 Å². The average molecular weight is 471 g/mol. The first-order chi connectivity index (χ1) is 15.9. The van der Waals surface area contributed by atoms with Gasteiger partial charge in [-0.1, -0.05) is 42.6 Å². The van der Waals surface area contributed by atoms with Crippen LogP contribution in [0.25, 0.3) is 10.9 Å². The van der Waals surface area contributed by atoms with Crippen LogP contribution in [0.4, 0.5) is 0 Å². The van der Waals surface area contributed by atoms with E-state index in [9.17, 15) is 9.59 Å². The van der Waals surface area contributed by atoms with Gasteiger partial charge in [0, 0.05) is 18.6 Å². The molecule has 1 unspecified atom stereocenters. The molecule has 3 rings (SSSR count). The molecule has 0 saturated heterocycles. The van der Waals surface area contributed by atoms with Crippen molar-refractivity contribution < 1.29 is 9.53 Å². The first-order valence-corrected chi connectivity index (χ1v) is 11.6. The van der Waals surface area contributed by atoms with E-state index in [1.54, 1.807) is 30.1 Å². The van der Waals surface area contributed by atoms with Crippen LogP contribution in [0.15, 0.2) is 53.3 Å². The second-order valence-corrected chi connectivity index (χ2v) is 8.50. The van der Waals surface area contributed by atoms with Gasteiger partial charge in [0.05, 0.1) is 16.9 Å². The summed E-state index contributed by atoms with van der Waals surface area (Å²) in [7, 11) is 1.68. The number of rotatable bonds is 11. The highest BCUT2D eigenvalue weighted by Crippen LogP contribution is 2.22. The van der Waals surface area contributed by atoms with Gasteiger partial charge in [-0.25, -0.2) is 4.98 Å².